The van der Waals surface area contributed by atoms with E-state index in [9.17, 15) is 5.11 Å². The molecule has 2 aliphatic rings. The zero-order valence-electron chi connectivity index (χ0n) is 8.58. The van der Waals surface area contributed by atoms with E-state index >= 15 is 0 Å². The molecule has 0 aromatic carbocycles. The van der Waals surface area contributed by atoms with Crippen molar-refractivity contribution in [2.75, 3.05) is 19.6 Å². The summed E-state index contributed by atoms with van der Waals surface area (Å²) in [6.07, 6.45) is 4.56. The first-order chi connectivity index (χ1) is 6.24. The summed E-state index contributed by atoms with van der Waals surface area (Å²) in [6, 6.07) is 0. The first-order valence-corrected chi connectivity index (χ1v) is 5.64. The van der Waals surface area contributed by atoms with Crippen LogP contribution in [0.1, 0.15) is 32.6 Å². The number of aliphatic hydroxyl groups is 1. The summed E-state index contributed by atoms with van der Waals surface area (Å²) in [4.78, 5) is 2.56. The molecule has 1 aliphatic heterocycles. The van der Waals surface area contributed by atoms with Crippen molar-refractivity contribution in [1.82, 2.24) is 4.90 Å². The minimum atomic E-state index is 0.00608. The number of aliphatic hydroxyl groups excluding tert-OH is 1. The molecule has 1 heterocycles. The Balaban J connectivity index is 1.65. The van der Waals surface area contributed by atoms with Crippen molar-refractivity contribution >= 4 is 0 Å². The minimum absolute atomic E-state index is 0.00608. The van der Waals surface area contributed by atoms with E-state index in [4.69, 9.17) is 0 Å². The Hall–Kier alpha value is -0.0800. The Labute approximate surface area is 80.9 Å². The largest absolute Gasteiger partial charge is 0.393 e. The average Bonchev–Trinajstić information content (AvgIpc) is 2.06. The Morgan fingerprint density at radius 3 is 2.31 bits per heavy atom. The van der Waals surface area contributed by atoms with Crippen LogP contribution in [0.15, 0.2) is 0 Å². The van der Waals surface area contributed by atoms with E-state index < -0.39 is 0 Å². The van der Waals surface area contributed by atoms with Crippen LogP contribution in [0.3, 0.4) is 0 Å². The highest BCUT2D eigenvalue weighted by atomic mass is 16.3. The SMILES string of the molecule is CC1CN(CC2CCC(O)CC2)C1. The van der Waals surface area contributed by atoms with Crippen LogP contribution >= 0.6 is 0 Å². The maximum absolute atomic E-state index is 9.36. The zero-order chi connectivity index (χ0) is 9.26. The molecular weight excluding hydrogens is 162 g/mol. The van der Waals surface area contributed by atoms with Crippen LogP contribution in [0.2, 0.25) is 0 Å². The molecule has 76 valence electrons. The summed E-state index contributed by atoms with van der Waals surface area (Å²) >= 11 is 0. The van der Waals surface area contributed by atoms with Crippen molar-refractivity contribution in [3.8, 4) is 0 Å². The van der Waals surface area contributed by atoms with Gasteiger partial charge in [-0.15, -0.1) is 0 Å². The van der Waals surface area contributed by atoms with Crippen molar-refractivity contribution in [1.29, 1.82) is 0 Å². The highest BCUT2D eigenvalue weighted by Gasteiger charge is 2.27. The maximum Gasteiger partial charge on any atom is 0.0540 e. The summed E-state index contributed by atoms with van der Waals surface area (Å²) < 4.78 is 0. The predicted octanol–water partition coefficient (Wildman–Crippen LogP) is 1.49. The lowest BCUT2D eigenvalue weighted by Gasteiger charge is -2.40. The smallest absolute Gasteiger partial charge is 0.0540 e. The minimum Gasteiger partial charge on any atom is -0.393 e. The number of nitrogens with zero attached hydrogens (tertiary/aromatic N) is 1. The van der Waals surface area contributed by atoms with Gasteiger partial charge in [-0.25, -0.2) is 0 Å². The van der Waals surface area contributed by atoms with E-state index in [1.807, 2.05) is 0 Å². The lowest BCUT2D eigenvalue weighted by molar-refractivity contribution is 0.0568. The molecule has 0 amide bonds. The predicted molar refractivity (Wildman–Crippen MR) is 53.6 cm³/mol. The van der Waals surface area contributed by atoms with Gasteiger partial charge in [-0.2, -0.15) is 0 Å². The van der Waals surface area contributed by atoms with Gasteiger partial charge in [0.05, 0.1) is 6.10 Å². The summed E-state index contributed by atoms with van der Waals surface area (Å²) in [7, 11) is 0. The first kappa shape index (κ1) is 9.47. The van der Waals surface area contributed by atoms with E-state index in [1.165, 1.54) is 32.5 Å². The van der Waals surface area contributed by atoms with Crippen LogP contribution in [-0.4, -0.2) is 35.7 Å². The normalized spacial score (nSPS) is 37.4. The lowest BCUT2D eigenvalue weighted by Crippen LogP contribution is -2.47. The van der Waals surface area contributed by atoms with Gasteiger partial charge in [0.15, 0.2) is 0 Å². The second kappa shape index (κ2) is 3.97. The molecule has 1 saturated heterocycles. The van der Waals surface area contributed by atoms with Gasteiger partial charge >= 0.3 is 0 Å². The molecule has 2 fully saturated rings. The van der Waals surface area contributed by atoms with Crippen molar-refractivity contribution < 1.29 is 5.11 Å². The van der Waals surface area contributed by atoms with Crippen molar-refractivity contribution in [2.45, 2.75) is 38.7 Å². The summed E-state index contributed by atoms with van der Waals surface area (Å²) in [5, 5.41) is 9.36. The third kappa shape index (κ3) is 2.44. The molecule has 0 atom stereocenters. The summed E-state index contributed by atoms with van der Waals surface area (Å²) in [5.74, 6) is 1.80. The van der Waals surface area contributed by atoms with Crippen LogP contribution in [0.5, 0.6) is 0 Å². The van der Waals surface area contributed by atoms with Gasteiger partial charge in [0.1, 0.15) is 0 Å². The topological polar surface area (TPSA) is 23.5 Å². The number of hydrogen-bond donors (Lipinski definition) is 1. The fourth-order valence-corrected chi connectivity index (χ4v) is 2.67. The maximum atomic E-state index is 9.36. The van der Waals surface area contributed by atoms with Crippen molar-refractivity contribution in [3.63, 3.8) is 0 Å². The molecule has 0 spiro atoms. The van der Waals surface area contributed by atoms with E-state index in [2.05, 4.69) is 11.8 Å². The highest BCUT2D eigenvalue weighted by molar-refractivity contribution is 4.80. The van der Waals surface area contributed by atoms with Gasteiger partial charge in [0, 0.05) is 19.6 Å². The summed E-state index contributed by atoms with van der Waals surface area (Å²) in [6.45, 7) is 6.22. The Morgan fingerprint density at radius 2 is 1.77 bits per heavy atom. The number of likely N-dealkylation sites (tertiary alicyclic amines) is 1. The van der Waals surface area contributed by atoms with Gasteiger partial charge in [0.25, 0.3) is 0 Å². The number of hydrogen-bond acceptors (Lipinski definition) is 2. The van der Waals surface area contributed by atoms with Crippen LogP contribution in [0.4, 0.5) is 0 Å². The molecular formula is C11H21NO. The van der Waals surface area contributed by atoms with Crippen LogP contribution in [0, 0.1) is 11.8 Å². The molecule has 1 saturated carbocycles. The van der Waals surface area contributed by atoms with Crippen LogP contribution in [0.25, 0.3) is 0 Å². The third-order valence-corrected chi connectivity index (χ3v) is 3.47. The molecule has 2 heteroatoms. The van der Waals surface area contributed by atoms with Crippen LogP contribution < -0.4 is 0 Å². The van der Waals surface area contributed by atoms with Gasteiger partial charge in [0.2, 0.25) is 0 Å². The second-order valence-corrected chi connectivity index (χ2v) is 5.00. The number of rotatable bonds is 2. The molecule has 0 aromatic rings. The van der Waals surface area contributed by atoms with Gasteiger partial charge < -0.3 is 10.0 Å². The molecule has 0 aromatic heterocycles. The zero-order valence-corrected chi connectivity index (χ0v) is 8.58. The lowest BCUT2D eigenvalue weighted by atomic mass is 9.86. The van der Waals surface area contributed by atoms with Gasteiger partial charge in [-0.3, -0.25) is 0 Å². The Bertz CT molecular complexity index is 157. The Kier molecular flexibility index (Phi) is 2.89. The highest BCUT2D eigenvalue weighted by Crippen LogP contribution is 2.27. The summed E-state index contributed by atoms with van der Waals surface area (Å²) in [5.41, 5.74) is 0. The van der Waals surface area contributed by atoms with Crippen LogP contribution in [-0.2, 0) is 0 Å². The fraction of sp³-hybridized carbons (Fsp3) is 1.00. The van der Waals surface area contributed by atoms with E-state index in [-0.39, 0.29) is 6.10 Å². The monoisotopic (exact) mass is 183 g/mol. The fourth-order valence-electron chi connectivity index (χ4n) is 2.67. The van der Waals surface area contributed by atoms with Gasteiger partial charge in [-0.05, 0) is 37.5 Å². The van der Waals surface area contributed by atoms with E-state index in [1.54, 1.807) is 0 Å². The third-order valence-electron chi connectivity index (χ3n) is 3.47. The molecule has 0 unspecified atom stereocenters. The van der Waals surface area contributed by atoms with Crippen molar-refractivity contribution in [3.05, 3.63) is 0 Å². The van der Waals surface area contributed by atoms with E-state index in [0.29, 0.717) is 0 Å². The van der Waals surface area contributed by atoms with Crippen molar-refractivity contribution in [2.24, 2.45) is 11.8 Å². The molecule has 2 rings (SSSR count). The first-order valence-electron chi connectivity index (χ1n) is 5.64. The Morgan fingerprint density at radius 1 is 1.15 bits per heavy atom. The molecule has 2 nitrogen and oxygen atoms in total. The molecule has 1 N–H and O–H groups in total. The molecule has 1 aliphatic carbocycles. The average molecular weight is 183 g/mol. The van der Waals surface area contributed by atoms with Gasteiger partial charge in [-0.1, -0.05) is 6.92 Å². The standard InChI is InChI=1S/C11H21NO/c1-9-6-12(7-9)8-10-2-4-11(13)5-3-10/h9-11,13H,2-8H2,1H3. The molecule has 0 radical (unpaired) electrons. The molecule has 13 heavy (non-hydrogen) atoms. The second-order valence-electron chi connectivity index (χ2n) is 5.00. The quantitative estimate of drug-likeness (QED) is 0.701. The van der Waals surface area contributed by atoms with E-state index in [0.717, 1.165) is 24.7 Å². The molecule has 0 bridgehead atoms.